The molecule has 0 aromatic heterocycles. The summed E-state index contributed by atoms with van der Waals surface area (Å²) < 4.78 is 0. The Labute approximate surface area is 114 Å². The van der Waals surface area contributed by atoms with Crippen LogP contribution in [0.4, 0.5) is 0 Å². The van der Waals surface area contributed by atoms with Crippen molar-refractivity contribution in [2.24, 2.45) is 0 Å². The molecule has 2 rings (SSSR count). The minimum Gasteiger partial charge on any atom is -0.351 e. The van der Waals surface area contributed by atoms with E-state index in [1.807, 2.05) is 26.0 Å². The Morgan fingerprint density at radius 3 is 2.58 bits per heavy atom. The maximum absolute atomic E-state index is 11.6. The first-order valence-electron chi connectivity index (χ1n) is 6.63. The predicted molar refractivity (Wildman–Crippen MR) is 78.9 cm³/mol. The number of hydrogen-bond donors (Lipinski definition) is 2. The average molecular weight is 256 g/mol. The third-order valence-corrected chi connectivity index (χ3v) is 2.97. The zero-order valence-electron chi connectivity index (χ0n) is 11.4. The van der Waals surface area contributed by atoms with Gasteiger partial charge in [0.25, 0.3) is 0 Å². The van der Waals surface area contributed by atoms with Crippen LogP contribution in [0.3, 0.4) is 0 Å². The van der Waals surface area contributed by atoms with Gasteiger partial charge in [-0.25, -0.2) is 0 Å². The van der Waals surface area contributed by atoms with Crippen molar-refractivity contribution < 1.29 is 4.79 Å². The van der Waals surface area contributed by atoms with Crippen LogP contribution in [0.1, 0.15) is 19.4 Å². The van der Waals surface area contributed by atoms with E-state index in [9.17, 15) is 4.79 Å². The standard InChI is InChI=1S/C16H20N2O/c1-12(2)17-11-16(19)18-10-13-7-8-14-5-3-4-6-15(14)9-13/h3-9,12,17H,10-11H2,1-2H3,(H,18,19). The van der Waals surface area contributed by atoms with Gasteiger partial charge in [-0.15, -0.1) is 0 Å². The summed E-state index contributed by atoms with van der Waals surface area (Å²) in [7, 11) is 0. The smallest absolute Gasteiger partial charge is 0.234 e. The van der Waals surface area contributed by atoms with Crippen LogP contribution < -0.4 is 10.6 Å². The van der Waals surface area contributed by atoms with Gasteiger partial charge in [0.1, 0.15) is 0 Å². The molecule has 2 aromatic carbocycles. The van der Waals surface area contributed by atoms with Crippen molar-refractivity contribution in [2.75, 3.05) is 6.54 Å². The summed E-state index contributed by atoms with van der Waals surface area (Å²) in [6, 6.07) is 14.8. The van der Waals surface area contributed by atoms with Gasteiger partial charge >= 0.3 is 0 Å². The van der Waals surface area contributed by atoms with Gasteiger partial charge in [-0.3, -0.25) is 4.79 Å². The highest BCUT2D eigenvalue weighted by Crippen LogP contribution is 2.15. The van der Waals surface area contributed by atoms with Crippen molar-refractivity contribution in [3.05, 3.63) is 48.0 Å². The van der Waals surface area contributed by atoms with Crippen LogP contribution in [-0.4, -0.2) is 18.5 Å². The second-order valence-corrected chi connectivity index (χ2v) is 4.99. The van der Waals surface area contributed by atoms with Crippen LogP contribution in [0.25, 0.3) is 10.8 Å². The van der Waals surface area contributed by atoms with E-state index in [1.165, 1.54) is 10.8 Å². The fourth-order valence-corrected chi connectivity index (χ4v) is 1.91. The minimum absolute atomic E-state index is 0.0295. The van der Waals surface area contributed by atoms with Gasteiger partial charge in [0.2, 0.25) is 5.91 Å². The number of carbonyl (C=O) groups is 1. The van der Waals surface area contributed by atoms with Gasteiger partial charge in [0, 0.05) is 12.6 Å². The molecular formula is C16H20N2O. The molecule has 2 N–H and O–H groups in total. The van der Waals surface area contributed by atoms with Gasteiger partial charge in [0.15, 0.2) is 0 Å². The lowest BCUT2D eigenvalue weighted by Gasteiger charge is -2.09. The van der Waals surface area contributed by atoms with Crippen molar-refractivity contribution in [1.29, 1.82) is 0 Å². The molecule has 100 valence electrons. The summed E-state index contributed by atoms with van der Waals surface area (Å²) >= 11 is 0. The summed E-state index contributed by atoms with van der Waals surface area (Å²) in [6.07, 6.45) is 0. The number of benzene rings is 2. The molecule has 0 aliphatic carbocycles. The molecule has 3 nitrogen and oxygen atoms in total. The molecule has 3 heteroatoms. The molecule has 0 saturated heterocycles. The predicted octanol–water partition coefficient (Wildman–Crippen LogP) is 2.45. The van der Waals surface area contributed by atoms with E-state index in [0.717, 1.165) is 5.56 Å². The summed E-state index contributed by atoms with van der Waals surface area (Å²) in [5, 5.41) is 8.44. The zero-order chi connectivity index (χ0) is 13.7. The summed E-state index contributed by atoms with van der Waals surface area (Å²) in [5.41, 5.74) is 1.12. The lowest BCUT2D eigenvalue weighted by Crippen LogP contribution is -2.36. The lowest BCUT2D eigenvalue weighted by atomic mass is 10.1. The second kappa shape index (κ2) is 6.34. The van der Waals surface area contributed by atoms with Crippen LogP contribution in [0.5, 0.6) is 0 Å². The molecule has 0 radical (unpaired) electrons. The number of amides is 1. The normalized spacial score (nSPS) is 10.9. The van der Waals surface area contributed by atoms with E-state index in [2.05, 4.69) is 41.0 Å². The van der Waals surface area contributed by atoms with Crippen LogP contribution in [0.15, 0.2) is 42.5 Å². The molecule has 0 unspecified atom stereocenters. The number of nitrogens with one attached hydrogen (secondary N) is 2. The van der Waals surface area contributed by atoms with Gasteiger partial charge in [0.05, 0.1) is 6.54 Å². The van der Waals surface area contributed by atoms with E-state index < -0.39 is 0 Å². The molecule has 0 fully saturated rings. The van der Waals surface area contributed by atoms with E-state index in [4.69, 9.17) is 0 Å². The third-order valence-electron chi connectivity index (χ3n) is 2.97. The SMILES string of the molecule is CC(C)NCC(=O)NCc1ccc2ccccc2c1. The molecule has 0 saturated carbocycles. The molecule has 19 heavy (non-hydrogen) atoms. The van der Waals surface area contributed by atoms with Crippen molar-refractivity contribution in [3.8, 4) is 0 Å². The van der Waals surface area contributed by atoms with Gasteiger partial charge in [-0.05, 0) is 22.4 Å². The van der Waals surface area contributed by atoms with Crippen LogP contribution in [-0.2, 0) is 11.3 Å². The molecule has 1 amide bonds. The molecule has 0 spiro atoms. The Morgan fingerprint density at radius 1 is 1.11 bits per heavy atom. The Balaban J connectivity index is 1.92. The molecule has 0 heterocycles. The highest BCUT2D eigenvalue weighted by molar-refractivity contribution is 5.83. The monoisotopic (exact) mass is 256 g/mol. The topological polar surface area (TPSA) is 41.1 Å². The number of hydrogen-bond acceptors (Lipinski definition) is 2. The summed E-state index contributed by atoms with van der Waals surface area (Å²) in [4.78, 5) is 11.6. The van der Waals surface area contributed by atoms with E-state index >= 15 is 0 Å². The molecular weight excluding hydrogens is 236 g/mol. The number of rotatable bonds is 5. The van der Waals surface area contributed by atoms with Crippen molar-refractivity contribution in [3.63, 3.8) is 0 Å². The highest BCUT2D eigenvalue weighted by atomic mass is 16.1. The maximum Gasteiger partial charge on any atom is 0.234 e. The third kappa shape index (κ3) is 4.07. The minimum atomic E-state index is 0.0295. The first-order valence-corrected chi connectivity index (χ1v) is 6.63. The molecule has 0 aliphatic rings. The summed E-state index contributed by atoms with van der Waals surface area (Å²) in [6.45, 7) is 4.99. The Hall–Kier alpha value is -1.87. The lowest BCUT2D eigenvalue weighted by molar-refractivity contribution is -0.120. The maximum atomic E-state index is 11.6. The van der Waals surface area contributed by atoms with Crippen molar-refractivity contribution in [2.45, 2.75) is 26.4 Å². The zero-order valence-corrected chi connectivity index (χ0v) is 11.4. The average Bonchev–Trinajstić information content (AvgIpc) is 2.42. The van der Waals surface area contributed by atoms with Crippen molar-refractivity contribution >= 4 is 16.7 Å². The van der Waals surface area contributed by atoms with Gasteiger partial charge < -0.3 is 10.6 Å². The van der Waals surface area contributed by atoms with E-state index in [1.54, 1.807) is 0 Å². The molecule has 2 aromatic rings. The van der Waals surface area contributed by atoms with Gasteiger partial charge in [-0.2, -0.15) is 0 Å². The second-order valence-electron chi connectivity index (χ2n) is 4.99. The van der Waals surface area contributed by atoms with Gasteiger partial charge in [-0.1, -0.05) is 50.2 Å². The summed E-state index contributed by atoms with van der Waals surface area (Å²) in [5.74, 6) is 0.0295. The Kier molecular flexibility index (Phi) is 4.53. The van der Waals surface area contributed by atoms with Crippen LogP contribution in [0.2, 0.25) is 0 Å². The number of carbonyl (C=O) groups excluding carboxylic acids is 1. The first kappa shape index (κ1) is 13.6. The van der Waals surface area contributed by atoms with Crippen LogP contribution in [0, 0.1) is 0 Å². The fraction of sp³-hybridized carbons (Fsp3) is 0.312. The quantitative estimate of drug-likeness (QED) is 0.862. The molecule has 0 atom stereocenters. The van der Waals surface area contributed by atoms with Crippen molar-refractivity contribution in [1.82, 2.24) is 10.6 Å². The Bertz CT molecular complexity index is 563. The van der Waals surface area contributed by atoms with E-state index in [-0.39, 0.29) is 5.91 Å². The Morgan fingerprint density at radius 2 is 1.84 bits per heavy atom. The van der Waals surface area contributed by atoms with E-state index in [0.29, 0.717) is 19.1 Å². The molecule has 0 bridgehead atoms. The highest BCUT2D eigenvalue weighted by Gasteiger charge is 2.02. The first-order chi connectivity index (χ1) is 9.15. The number of fused-ring (bicyclic) bond motifs is 1. The largest absolute Gasteiger partial charge is 0.351 e. The molecule has 0 aliphatic heterocycles. The fourth-order valence-electron chi connectivity index (χ4n) is 1.91. The van der Waals surface area contributed by atoms with Crippen LogP contribution >= 0.6 is 0 Å².